The molecule has 9 nitrogen and oxygen atoms in total. The summed E-state index contributed by atoms with van der Waals surface area (Å²) in [7, 11) is 1.49. The normalized spacial score (nSPS) is 16.3. The van der Waals surface area contributed by atoms with E-state index < -0.39 is 29.3 Å². The number of aromatic nitrogens is 2. The minimum absolute atomic E-state index is 0.0198. The molecule has 0 aliphatic carbocycles. The highest BCUT2D eigenvalue weighted by atomic mass is 19.4. The lowest BCUT2D eigenvalue weighted by Gasteiger charge is -2.41. The molecule has 3 rings (SSSR count). The van der Waals surface area contributed by atoms with Gasteiger partial charge in [-0.25, -0.2) is 0 Å². The van der Waals surface area contributed by atoms with Gasteiger partial charge in [0.2, 0.25) is 5.91 Å². The average molecular weight is 478 g/mol. The van der Waals surface area contributed by atoms with Crippen molar-refractivity contribution in [1.29, 1.82) is 5.26 Å². The fraction of sp³-hybridized carbons (Fsp3) is 0.455. The first-order valence-electron chi connectivity index (χ1n) is 10.7. The molecular formula is C22H25F3N6O3. The Morgan fingerprint density at radius 3 is 2.71 bits per heavy atom. The van der Waals surface area contributed by atoms with Gasteiger partial charge < -0.3 is 19.9 Å². The van der Waals surface area contributed by atoms with Crippen molar-refractivity contribution in [3.05, 3.63) is 47.3 Å². The molecule has 12 heteroatoms. The van der Waals surface area contributed by atoms with E-state index in [2.05, 4.69) is 10.4 Å². The summed E-state index contributed by atoms with van der Waals surface area (Å²) in [6.07, 6.45) is -3.20. The molecule has 1 aliphatic heterocycles. The Bertz CT molecular complexity index is 1080. The summed E-state index contributed by atoms with van der Waals surface area (Å²) in [5, 5.41) is 15.9. The van der Waals surface area contributed by atoms with Crippen LogP contribution in [0.1, 0.15) is 28.5 Å². The predicted octanol–water partition coefficient (Wildman–Crippen LogP) is 1.89. The highest BCUT2D eigenvalue weighted by Crippen LogP contribution is 2.35. The van der Waals surface area contributed by atoms with E-state index in [0.29, 0.717) is 12.2 Å². The van der Waals surface area contributed by atoms with E-state index in [1.54, 1.807) is 17.0 Å². The number of methoxy groups -OCH3 is 1. The number of nitriles is 1. The molecule has 0 saturated carbocycles. The second kappa shape index (κ2) is 10.6. The molecule has 1 saturated heterocycles. The molecule has 1 N–H and O–H groups in total. The van der Waals surface area contributed by atoms with Gasteiger partial charge in [-0.15, -0.1) is 0 Å². The lowest BCUT2D eigenvalue weighted by Crippen LogP contribution is -2.61. The van der Waals surface area contributed by atoms with E-state index >= 15 is 0 Å². The number of alkyl halides is 3. The first-order chi connectivity index (χ1) is 16.2. The van der Waals surface area contributed by atoms with Gasteiger partial charge in [0.15, 0.2) is 0 Å². The third kappa shape index (κ3) is 5.31. The van der Waals surface area contributed by atoms with E-state index in [1.165, 1.54) is 29.0 Å². The molecular weight excluding hydrogens is 453 g/mol. The lowest BCUT2D eigenvalue weighted by molar-refractivity contribution is -0.137. The van der Waals surface area contributed by atoms with E-state index in [4.69, 9.17) is 10.00 Å². The molecule has 1 unspecified atom stereocenters. The number of rotatable bonds is 7. The van der Waals surface area contributed by atoms with Crippen LogP contribution in [0.4, 0.5) is 18.9 Å². The van der Waals surface area contributed by atoms with Gasteiger partial charge in [-0.2, -0.15) is 23.5 Å². The Kier molecular flexibility index (Phi) is 7.78. The minimum Gasteiger partial charge on any atom is -0.383 e. The number of hydrogen-bond donors (Lipinski definition) is 1. The van der Waals surface area contributed by atoms with Crippen LogP contribution in [-0.4, -0.2) is 72.4 Å². The number of carbonyl (C=O) groups is 2. The number of anilines is 1. The maximum atomic E-state index is 13.5. The van der Waals surface area contributed by atoms with Crippen molar-refractivity contribution < 1.29 is 27.5 Å². The minimum atomic E-state index is -4.70. The molecule has 1 atom stereocenters. The summed E-state index contributed by atoms with van der Waals surface area (Å²) in [5.41, 5.74) is -0.985. The van der Waals surface area contributed by atoms with Gasteiger partial charge in [0.05, 0.1) is 23.8 Å². The number of piperazine rings is 1. The zero-order chi connectivity index (χ0) is 24.9. The molecule has 0 radical (unpaired) electrons. The number of carbonyl (C=O) groups excluding carboxylic acids is 2. The summed E-state index contributed by atoms with van der Waals surface area (Å²) in [4.78, 5) is 29.3. The third-order valence-electron chi connectivity index (χ3n) is 5.58. The van der Waals surface area contributed by atoms with Crippen LogP contribution in [0.15, 0.2) is 30.5 Å². The van der Waals surface area contributed by atoms with Crippen molar-refractivity contribution in [3.63, 3.8) is 0 Å². The summed E-state index contributed by atoms with van der Waals surface area (Å²) < 4.78 is 46.8. The number of ether oxygens (including phenoxy) is 1. The smallest absolute Gasteiger partial charge is 0.383 e. The first-order valence-corrected chi connectivity index (χ1v) is 10.7. The third-order valence-corrected chi connectivity index (χ3v) is 5.58. The van der Waals surface area contributed by atoms with E-state index in [1.807, 2.05) is 6.92 Å². The van der Waals surface area contributed by atoms with Gasteiger partial charge in [0, 0.05) is 51.7 Å². The molecule has 182 valence electrons. The molecule has 34 heavy (non-hydrogen) atoms. The van der Waals surface area contributed by atoms with Gasteiger partial charge >= 0.3 is 6.18 Å². The molecule has 0 bridgehead atoms. The Hall–Kier alpha value is -3.59. The second-order valence-corrected chi connectivity index (χ2v) is 7.62. The van der Waals surface area contributed by atoms with Gasteiger partial charge in [0.25, 0.3) is 5.91 Å². The largest absolute Gasteiger partial charge is 0.417 e. The summed E-state index contributed by atoms with van der Waals surface area (Å²) in [6.45, 7) is 3.08. The quantitative estimate of drug-likeness (QED) is 0.610. The van der Waals surface area contributed by atoms with Crippen molar-refractivity contribution in [2.24, 2.45) is 0 Å². The fourth-order valence-electron chi connectivity index (χ4n) is 3.85. The molecule has 2 heterocycles. The first kappa shape index (κ1) is 25.0. The number of aryl methyl sites for hydroxylation is 1. The van der Waals surface area contributed by atoms with Crippen molar-refractivity contribution in [2.45, 2.75) is 25.7 Å². The van der Waals surface area contributed by atoms with Gasteiger partial charge in [-0.05, 0) is 31.2 Å². The van der Waals surface area contributed by atoms with E-state index in [0.717, 1.165) is 12.1 Å². The van der Waals surface area contributed by atoms with Crippen molar-refractivity contribution in [3.8, 4) is 6.07 Å². The van der Waals surface area contributed by atoms with Crippen LogP contribution in [0.25, 0.3) is 0 Å². The summed E-state index contributed by atoms with van der Waals surface area (Å²) >= 11 is 0. The van der Waals surface area contributed by atoms with Crippen LogP contribution in [0, 0.1) is 11.3 Å². The highest BCUT2D eigenvalue weighted by molar-refractivity contribution is 5.97. The van der Waals surface area contributed by atoms with Crippen LogP contribution < -0.4 is 10.2 Å². The van der Waals surface area contributed by atoms with Crippen LogP contribution in [-0.2, 0) is 22.3 Å². The van der Waals surface area contributed by atoms with Crippen molar-refractivity contribution >= 4 is 17.5 Å². The lowest BCUT2D eigenvalue weighted by atomic mass is 10.0. The number of halogens is 3. The average Bonchev–Trinajstić information content (AvgIpc) is 3.31. The van der Waals surface area contributed by atoms with Crippen LogP contribution in [0.5, 0.6) is 0 Å². The highest BCUT2D eigenvalue weighted by Gasteiger charge is 2.38. The second-order valence-electron chi connectivity index (χ2n) is 7.62. The van der Waals surface area contributed by atoms with Crippen molar-refractivity contribution in [1.82, 2.24) is 20.0 Å². The number of nitrogens with zero attached hydrogens (tertiary/aromatic N) is 5. The molecule has 1 aromatic heterocycles. The van der Waals surface area contributed by atoms with Crippen LogP contribution >= 0.6 is 0 Å². The number of hydrogen-bond acceptors (Lipinski definition) is 6. The molecule has 1 aromatic carbocycles. The number of benzene rings is 1. The standard InChI is InChI=1S/C22H25F3N6O3/c1-3-31-18(6-7-28-31)21(33)30-10-9-29(14-19(30)20(32)27-8-11-34-2)16-5-4-15(13-26)17(12-16)22(23,24)25/h4-7,12,19H,3,8-11,14H2,1-2H3,(H,27,32). The molecule has 1 fully saturated rings. The zero-order valence-corrected chi connectivity index (χ0v) is 18.8. The number of amides is 2. The Labute approximate surface area is 194 Å². The van der Waals surface area contributed by atoms with E-state index in [9.17, 15) is 22.8 Å². The molecule has 2 amide bonds. The maximum absolute atomic E-state index is 13.5. The zero-order valence-electron chi connectivity index (χ0n) is 18.8. The maximum Gasteiger partial charge on any atom is 0.417 e. The van der Waals surface area contributed by atoms with E-state index in [-0.39, 0.29) is 44.4 Å². The fourth-order valence-corrected chi connectivity index (χ4v) is 3.85. The number of nitrogens with one attached hydrogen (secondary N) is 1. The predicted molar refractivity (Wildman–Crippen MR) is 116 cm³/mol. The topological polar surface area (TPSA) is 103 Å². The SMILES string of the molecule is CCn1nccc1C(=O)N1CCN(c2ccc(C#N)c(C(F)(F)F)c2)CC1C(=O)NCCOC. The van der Waals surface area contributed by atoms with Gasteiger partial charge in [0.1, 0.15) is 11.7 Å². The Balaban J connectivity index is 1.90. The van der Waals surface area contributed by atoms with Crippen molar-refractivity contribution in [2.75, 3.05) is 44.8 Å². The summed E-state index contributed by atoms with van der Waals surface area (Å²) in [5.74, 6) is -0.830. The van der Waals surface area contributed by atoms with Gasteiger partial charge in [-0.3, -0.25) is 14.3 Å². The van der Waals surface area contributed by atoms with Crippen LogP contribution in [0.3, 0.4) is 0 Å². The van der Waals surface area contributed by atoms with Crippen LogP contribution in [0.2, 0.25) is 0 Å². The molecule has 1 aliphatic rings. The Morgan fingerprint density at radius 2 is 2.06 bits per heavy atom. The molecule has 2 aromatic rings. The molecule has 0 spiro atoms. The summed E-state index contributed by atoms with van der Waals surface area (Å²) in [6, 6.07) is 5.60. The monoisotopic (exact) mass is 478 g/mol. The van der Waals surface area contributed by atoms with Gasteiger partial charge in [-0.1, -0.05) is 0 Å². The Morgan fingerprint density at radius 1 is 1.29 bits per heavy atom.